The lowest BCUT2D eigenvalue weighted by molar-refractivity contribution is 0.0995. The zero-order chi connectivity index (χ0) is 17.9. The standard InChI is InChI=1S/C20H13BrN2O2S/c21-18-11-10-17(25-18)19(24)22-15-8-6-13(7-9-15)16-12-26-20(23-16)14-4-2-1-3-5-14/h1-12H,(H,22,24). The maximum atomic E-state index is 12.1. The number of benzene rings is 2. The molecule has 4 nitrogen and oxygen atoms in total. The number of anilines is 1. The first-order chi connectivity index (χ1) is 12.7. The summed E-state index contributed by atoms with van der Waals surface area (Å²) in [5, 5.41) is 5.84. The fraction of sp³-hybridized carbons (Fsp3) is 0. The average molecular weight is 425 g/mol. The van der Waals surface area contributed by atoms with Crippen molar-refractivity contribution < 1.29 is 9.21 Å². The molecule has 128 valence electrons. The second-order valence-corrected chi connectivity index (χ2v) is 7.18. The van der Waals surface area contributed by atoms with Crippen molar-refractivity contribution in [2.24, 2.45) is 0 Å². The summed E-state index contributed by atoms with van der Waals surface area (Å²) < 4.78 is 5.78. The van der Waals surface area contributed by atoms with Gasteiger partial charge in [0.1, 0.15) is 5.01 Å². The highest BCUT2D eigenvalue weighted by molar-refractivity contribution is 9.10. The molecule has 0 fully saturated rings. The quantitative estimate of drug-likeness (QED) is 0.431. The van der Waals surface area contributed by atoms with Crippen molar-refractivity contribution in [2.75, 3.05) is 5.32 Å². The predicted octanol–water partition coefficient (Wildman–Crippen LogP) is 6.08. The molecule has 6 heteroatoms. The number of rotatable bonds is 4. The van der Waals surface area contributed by atoms with E-state index in [4.69, 9.17) is 9.40 Å². The molecule has 0 aliphatic rings. The molecule has 0 saturated heterocycles. The maximum Gasteiger partial charge on any atom is 0.291 e. The summed E-state index contributed by atoms with van der Waals surface area (Å²) in [6.45, 7) is 0. The van der Waals surface area contributed by atoms with Crippen LogP contribution in [0, 0.1) is 0 Å². The number of thiazole rings is 1. The highest BCUT2D eigenvalue weighted by atomic mass is 79.9. The number of nitrogens with zero attached hydrogens (tertiary/aromatic N) is 1. The van der Waals surface area contributed by atoms with Crippen LogP contribution in [0.2, 0.25) is 0 Å². The number of aromatic nitrogens is 1. The SMILES string of the molecule is O=C(Nc1ccc(-c2csc(-c3ccccc3)n2)cc1)c1ccc(Br)o1. The lowest BCUT2D eigenvalue weighted by Crippen LogP contribution is -2.10. The average Bonchev–Trinajstić information content (AvgIpc) is 3.32. The topological polar surface area (TPSA) is 55.1 Å². The third-order valence-corrected chi connectivity index (χ3v) is 5.08. The van der Waals surface area contributed by atoms with Crippen LogP contribution < -0.4 is 5.32 Å². The Kier molecular flexibility index (Phi) is 4.69. The number of nitrogens with one attached hydrogen (secondary N) is 1. The number of furan rings is 1. The van der Waals surface area contributed by atoms with Crippen molar-refractivity contribution in [1.29, 1.82) is 0 Å². The van der Waals surface area contributed by atoms with E-state index in [1.54, 1.807) is 23.5 Å². The van der Waals surface area contributed by atoms with Crippen molar-refractivity contribution in [3.63, 3.8) is 0 Å². The molecule has 0 bridgehead atoms. The lowest BCUT2D eigenvalue weighted by Gasteiger charge is -2.04. The molecule has 2 aromatic heterocycles. The Morgan fingerprint density at radius 3 is 2.42 bits per heavy atom. The number of hydrogen-bond acceptors (Lipinski definition) is 4. The van der Waals surface area contributed by atoms with Gasteiger partial charge in [0.2, 0.25) is 0 Å². The summed E-state index contributed by atoms with van der Waals surface area (Å²) in [4.78, 5) is 16.8. The van der Waals surface area contributed by atoms with Gasteiger partial charge in [0.25, 0.3) is 5.91 Å². The molecule has 4 aromatic rings. The van der Waals surface area contributed by atoms with Crippen molar-refractivity contribution in [2.45, 2.75) is 0 Å². The van der Waals surface area contributed by atoms with E-state index in [2.05, 4.69) is 21.2 Å². The first kappa shape index (κ1) is 16.8. The number of halogens is 1. The first-order valence-corrected chi connectivity index (χ1v) is 9.54. The molecule has 1 amide bonds. The van der Waals surface area contributed by atoms with Crippen LogP contribution in [0.25, 0.3) is 21.8 Å². The van der Waals surface area contributed by atoms with Crippen molar-refractivity contribution in [3.8, 4) is 21.8 Å². The van der Waals surface area contributed by atoms with Gasteiger partial charge in [0.05, 0.1) is 5.69 Å². The van der Waals surface area contributed by atoms with E-state index in [1.165, 1.54) is 0 Å². The highest BCUT2D eigenvalue weighted by Crippen LogP contribution is 2.29. The smallest absolute Gasteiger partial charge is 0.291 e. The molecular formula is C20H13BrN2O2S. The number of amides is 1. The second-order valence-electron chi connectivity index (χ2n) is 5.54. The summed E-state index contributed by atoms with van der Waals surface area (Å²) in [5.74, 6) is -0.0311. The Bertz CT molecular complexity index is 1040. The van der Waals surface area contributed by atoms with Crippen LogP contribution in [0.3, 0.4) is 0 Å². The molecular weight excluding hydrogens is 412 g/mol. The molecule has 0 aliphatic carbocycles. The normalized spacial score (nSPS) is 10.7. The van der Waals surface area contributed by atoms with E-state index >= 15 is 0 Å². The second kappa shape index (κ2) is 7.27. The minimum Gasteiger partial charge on any atom is -0.444 e. The van der Waals surface area contributed by atoms with Gasteiger partial charge in [0.15, 0.2) is 10.4 Å². The van der Waals surface area contributed by atoms with Gasteiger partial charge in [-0.1, -0.05) is 42.5 Å². The van der Waals surface area contributed by atoms with Gasteiger partial charge in [-0.2, -0.15) is 0 Å². The van der Waals surface area contributed by atoms with Gasteiger partial charge in [-0.25, -0.2) is 4.98 Å². The minimum absolute atomic E-state index is 0.257. The lowest BCUT2D eigenvalue weighted by atomic mass is 10.1. The summed E-state index contributed by atoms with van der Waals surface area (Å²) >= 11 is 4.80. The van der Waals surface area contributed by atoms with Crippen molar-refractivity contribution in [3.05, 3.63) is 82.5 Å². The van der Waals surface area contributed by atoms with Gasteiger partial charge in [0, 0.05) is 22.2 Å². The van der Waals surface area contributed by atoms with E-state index in [-0.39, 0.29) is 11.7 Å². The molecule has 0 aliphatic heterocycles. The highest BCUT2D eigenvalue weighted by Gasteiger charge is 2.11. The predicted molar refractivity (Wildman–Crippen MR) is 107 cm³/mol. The van der Waals surface area contributed by atoms with Crippen LogP contribution in [0.5, 0.6) is 0 Å². The van der Waals surface area contributed by atoms with Crippen LogP contribution in [0.15, 0.2) is 81.2 Å². The Balaban J connectivity index is 1.49. The van der Waals surface area contributed by atoms with Gasteiger partial charge in [-0.15, -0.1) is 11.3 Å². The van der Waals surface area contributed by atoms with Crippen molar-refractivity contribution in [1.82, 2.24) is 4.98 Å². The molecule has 0 saturated carbocycles. The van der Waals surface area contributed by atoms with Gasteiger partial charge in [-0.3, -0.25) is 4.79 Å². The third kappa shape index (κ3) is 3.61. The fourth-order valence-corrected chi connectivity index (χ4v) is 3.61. The minimum atomic E-state index is -0.288. The Morgan fingerprint density at radius 2 is 1.73 bits per heavy atom. The Hall–Kier alpha value is -2.70. The molecule has 0 radical (unpaired) electrons. The maximum absolute atomic E-state index is 12.1. The molecule has 4 rings (SSSR count). The third-order valence-electron chi connectivity index (χ3n) is 3.76. The number of hydrogen-bond donors (Lipinski definition) is 1. The Morgan fingerprint density at radius 1 is 0.962 bits per heavy atom. The molecule has 2 aromatic carbocycles. The van der Waals surface area contributed by atoms with Crippen LogP contribution in [0.1, 0.15) is 10.6 Å². The molecule has 1 N–H and O–H groups in total. The summed E-state index contributed by atoms with van der Waals surface area (Å²) in [6.07, 6.45) is 0. The van der Waals surface area contributed by atoms with Gasteiger partial charge < -0.3 is 9.73 Å². The molecule has 0 spiro atoms. The van der Waals surface area contributed by atoms with E-state index in [9.17, 15) is 4.79 Å². The summed E-state index contributed by atoms with van der Waals surface area (Å²) in [5.41, 5.74) is 3.73. The molecule has 0 unspecified atom stereocenters. The Labute approximate surface area is 162 Å². The summed E-state index contributed by atoms with van der Waals surface area (Å²) in [7, 11) is 0. The number of carbonyl (C=O) groups is 1. The van der Waals surface area contributed by atoms with Crippen LogP contribution in [-0.2, 0) is 0 Å². The fourth-order valence-electron chi connectivity index (χ4n) is 2.47. The van der Waals surface area contributed by atoms with Crippen molar-refractivity contribution >= 4 is 38.9 Å². The largest absolute Gasteiger partial charge is 0.444 e. The van der Waals surface area contributed by atoms with E-state index in [0.717, 1.165) is 21.8 Å². The van der Waals surface area contributed by atoms with Gasteiger partial charge >= 0.3 is 0 Å². The first-order valence-electron chi connectivity index (χ1n) is 7.87. The number of carbonyl (C=O) groups excluding carboxylic acids is 1. The summed E-state index contributed by atoms with van der Waals surface area (Å²) in [6, 6.07) is 21.0. The monoisotopic (exact) mass is 424 g/mol. The van der Waals surface area contributed by atoms with Gasteiger partial charge in [-0.05, 0) is 40.2 Å². The molecule has 26 heavy (non-hydrogen) atoms. The van der Waals surface area contributed by atoms with E-state index < -0.39 is 0 Å². The zero-order valence-corrected chi connectivity index (χ0v) is 15.9. The zero-order valence-electron chi connectivity index (χ0n) is 13.5. The van der Waals surface area contributed by atoms with E-state index in [0.29, 0.717) is 10.4 Å². The van der Waals surface area contributed by atoms with Crippen LogP contribution in [-0.4, -0.2) is 10.9 Å². The van der Waals surface area contributed by atoms with Crippen LogP contribution >= 0.6 is 27.3 Å². The molecule has 0 atom stereocenters. The molecule has 2 heterocycles. The van der Waals surface area contributed by atoms with Crippen LogP contribution in [0.4, 0.5) is 5.69 Å². The van der Waals surface area contributed by atoms with E-state index in [1.807, 2.05) is 60.0 Å².